The average Bonchev–Trinajstić information content (AvgIpc) is 2.74. The molecule has 1 N–H and O–H groups in total. The van der Waals surface area contributed by atoms with Crippen molar-refractivity contribution in [2.24, 2.45) is 5.41 Å². The quantitative estimate of drug-likeness (QED) is 0.202. The molecule has 166 valence electrons. The number of phenols is 1. The van der Waals surface area contributed by atoms with Crippen molar-refractivity contribution in [2.75, 3.05) is 0 Å². The molecule has 0 amide bonds. The van der Waals surface area contributed by atoms with E-state index in [0.717, 1.165) is 16.7 Å². The second kappa shape index (κ2) is 10.2. The molecule has 0 aromatic heterocycles. The Bertz CT molecular complexity index is 1130. The second-order valence-corrected chi connectivity index (χ2v) is 9.74. The molecule has 0 spiro atoms. The number of phenolic OH excluding ortho intramolecular Hbond substituents is 1. The van der Waals surface area contributed by atoms with Crippen LogP contribution in [0.3, 0.4) is 0 Å². The zero-order valence-electron chi connectivity index (χ0n) is 18.2. The normalized spacial score (nSPS) is 11.1. The third kappa shape index (κ3) is 6.09. The zero-order chi connectivity index (χ0) is 23.3. The van der Waals surface area contributed by atoms with E-state index in [1.807, 2.05) is 79.8 Å². The van der Waals surface area contributed by atoms with E-state index in [0.29, 0.717) is 40.1 Å². The standard InChI is InChI=1S/C26H25IO5/c1-26(2,3)14-22(29)21-10-11-23(24(27)25(21)30)31-15-17-6-4-7-18(12-17)19-8-5-9-20(13-19)32-16-28/h4-13,16,30H,14-15H2,1-3H3. The number of halogens is 1. The lowest BCUT2D eigenvalue weighted by Crippen LogP contribution is -2.13. The van der Waals surface area contributed by atoms with Crippen LogP contribution in [-0.2, 0) is 11.4 Å². The summed E-state index contributed by atoms with van der Waals surface area (Å²) in [5.41, 5.74) is 2.97. The highest BCUT2D eigenvalue weighted by Gasteiger charge is 2.22. The Morgan fingerprint density at radius 3 is 2.41 bits per heavy atom. The summed E-state index contributed by atoms with van der Waals surface area (Å²) in [6.07, 6.45) is 0.350. The van der Waals surface area contributed by atoms with Gasteiger partial charge in [0.2, 0.25) is 0 Å². The maximum absolute atomic E-state index is 12.5. The van der Waals surface area contributed by atoms with Crippen molar-refractivity contribution in [1.29, 1.82) is 0 Å². The minimum absolute atomic E-state index is 0.0434. The lowest BCUT2D eigenvalue weighted by Gasteiger charge is -2.18. The molecule has 0 aliphatic carbocycles. The predicted molar refractivity (Wildman–Crippen MR) is 132 cm³/mol. The molecule has 0 aliphatic rings. The van der Waals surface area contributed by atoms with E-state index in [-0.39, 0.29) is 16.9 Å². The third-order valence-electron chi connectivity index (χ3n) is 4.74. The molecule has 0 radical (unpaired) electrons. The summed E-state index contributed by atoms with van der Waals surface area (Å²) in [5, 5.41) is 10.6. The molecule has 0 saturated carbocycles. The molecular weight excluding hydrogens is 519 g/mol. The maximum Gasteiger partial charge on any atom is 0.298 e. The summed E-state index contributed by atoms with van der Waals surface area (Å²) in [6, 6.07) is 18.5. The Morgan fingerprint density at radius 2 is 1.72 bits per heavy atom. The van der Waals surface area contributed by atoms with Crippen molar-refractivity contribution < 1.29 is 24.2 Å². The lowest BCUT2D eigenvalue weighted by molar-refractivity contribution is -0.120. The van der Waals surface area contributed by atoms with Crippen LogP contribution in [0.4, 0.5) is 0 Å². The van der Waals surface area contributed by atoms with E-state index in [1.165, 1.54) is 0 Å². The highest BCUT2D eigenvalue weighted by molar-refractivity contribution is 14.1. The molecular formula is C26H25IO5. The molecule has 0 saturated heterocycles. The van der Waals surface area contributed by atoms with Crippen molar-refractivity contribution >= 4 is 34.8 Å². The highest BCUT2D eigenvalue weighted by atomic mass is 127. The molecule has 0 fully saturated rings. The number of benzene rings is 3. The lowest BCUT2D eigenvalue weighted by atomic mass is 9.87. The first-order chi connectivity index (χ1) is 15.2. The van der Waals surface area contributed by atoms with Crippen LogP contribution in [-0.4, -0.2) is 17.4 Å². The Labute approximate surface area is 201 Å². The van der Waals surface area contributed by atoms with Gasteiger partial charge in [0, 0.05) is 6.42 Å². The minimum atomic E-state index is -0.159. The average molecular weight is 544 g/mol. The summed E-state index contributed by atoms with van der Waals surface area (Å²) in [5.74, 6) is 0.860. The van der Waals surface area contributed by atoms with E-state index in [2.05, 4.69) is 0 Å². The predicted octanol–water partition coefficient (Wildman–Crippen LogP) is 6.40. The van der Waals surface area contributed by atoms with Gasteiger partial charge in [0.25, 0.3) is 6.47 Å². The van der Waals surface area contributed by atoms with E-state index >= 15 is 0 Å². The number of hydrogen-bond acceptors (Lipinski definition) is 5. The summed E-state index contributed by atoms with van der Waals surface area (Å²) in [7, 11) is 0. The van der Waals surface area contributed by atoms with Crippen LogP contribution in [0.25, 0.3) is 11.1 Å². The first-order valence-corrected chi connectivity index (χ1v) is 11.2. The van der Waals surface area contributed by atoms with Crippen LogP contribution in [0.15, 0.2) is 60.7 Å². The van der Waals surface area contributed by atoms with Gasteiger partial charge in [0.15, 0.2) is 5.78 Å². The topological polar surface area (TPSA) is 72.8 Å². The van der Waals surface area contributed by atoms with E-state index in [4.69, 9.17) is 9.47 Å². The zero-order valence-corrected chi connectivity index (χ0v) is 20.4. The summed E-state index contributed by atoms with van der Waals surface area (Å²) >= 11 is 2.00. The van der Waals surface area contributed by atoms with Gasteiger partial charge in [-0.3, -0.25) is 9.59 Å². The van der Waals surface area contributed by atoms with Crippen molar-refractivity contribution in [2.45, 2.75) is 33.8 Å². The second-order valence-electron chi connectivity index (χ2n) is 8.67. The van der Waals surface area contributed by atoms with Gasteiger partial charge in [-0.2, -0.15) is 0 Å². The molecule has 0 unspecified atom stereocenters. The van der Waals surface area contributed by atoms with Crippen LogP contribution < -0.4 is 9.47 Å². The smallest absolute Gasteiger partial charge is 0.298 e. The number of ketones is 1. The van der Waals surface area contributed by atoms with Crippen LogP contribution >= 0.6 is 22.6 Å². The van der Waals surface area contributed by atoms with Crippen molar-refractivity contribution in [3.8, 4) is 28.4 Å². The number of rotatable bonds is 8. The molecule has 6 heteroatoms. The fourth-order valence-electron chi connectivity index (χ4n) is 3.27. The molecule has 3 aromatic carbocycles. The highest BCUT2D eigenvalue weighted by Crippen LogP contribution is 2.35. The Morgan fingerprint density at radius 1 is 1.03 bits per heavy atom. The first-order valence-electron chi connectivity index (χ1n) is 10.1. The van der Waals surface area contributed by atoms with Gasteiger partial charge in [-0.1, -0.05) is 51.1 Å². The van der Waals surface area contributed by atoms with Gasteiger partial charge >= 0.3 is 0 Å². The number of carbonyl (C=O) groups is 2. The van der Waals surface area contributed by atoms with Gasteiger partial charge in [0.1, 0.15) is 23.9 Å². The van der Waals surface area contributed by atoms with Crippen molar-refractivity contribution in [1.82, 2.24) is 0 Å². The fourth-order valence-corrected chi connectivity index (χ4v) is 3.89. The number of carbonyl (C=O) groups excluding carboxylic acids is 2. The van der Waals surface area contributed by atoms with Gasteiger partial charge in [0.05, 0.1) is 9.13 Å². The molecule has 3 aromatic rings. The van der Waals surface area contributed by atoms with Crippen molar-refractivity contribution in [3.63, 3.8) is 0 Å². The number of ether oxygens (including phenoxy) is 2. The van der Waals surface area contributed by atoms with E-state index < -0.39 is 0 Å². The Kier molecular flexibility index (Phi) is 7.56. The molecule has 0 heterocycles. The molecule has 0 atom stereocenters. The van der Waals surface area contributed by atoms with Gasteiger partial charge in [-0.25, -0.2) is 0 Å². The molecule has 32 heavy (non-hydrogen) atoms. The number of hydrogen-bond donors (Lipinski definition) is 1. The van der Waals surface area contributed by atoms with Crippen LogP contribution in [0.2, 0.25) is 0 Å². The van der Waals surface area contributed by atoms with E-state index in [1.54, 1.807) is 24.3 Å². The van der Waals surface area contributed by atoms with E-state index in [9.17, 15) is 14.7 Å². The molecule has 5 nitrogen and oxygen atoms in total. The summed E-state index contributed by atoms with van der Waals surface area (Å²) in [4.78, 5) is 23.1. The largest absolute Gasteiger partial charge is 0.506 e. The first kappa shape index (κ1) is 23.8. The van der Waals surface area contributed by atoms with Gasteiger partial charge in [-0.15, -0.1) is 0 Å². The minimum Gasteiger partial charge on any atom is -0.506 e. The van der Waals surface area contributed by atoms with Crippen molar-refractivity contribution in [3.05, 3.63) is 75.4 Å². The molecule has 3 rings (SSSR count). The van der Waals surface area contributed by atoms with Gasteiger partial charge < -0.3 is 14.6 Å². The fraction of sp³-hybridized carbons (Fsp3) is 0.231. The summed E-state index contributed by atoms with van der Waals surface area (Å²) < 4.78 is 11.4. The van der Waals surface area contributed by atoms with Gasteiger partial charge in [-0.05, 0) is 75.0 Å². The monoisotopic (exact) mass is 544 g/mol. The Hall–Kier alpha value is -2.87. The number of Topliss-reactive ketones (excluding diaryl/α,β-unsaturated/α-hetero) is 1. The maximum atomic E-state index is 12.5. The third-order valence-corrected chi connectivity index (χ3v) is 5.79. The molecule has 0 aliphatic heterocycles. The SMILES string of the molecule is CC(C)(C)CC(=O)c1ccc(OCc2cccc(-c3cccc(OC=O)c3)c2)c(I)c1O. The number of aromatic hydroxyl groups is 1. The van der Waals surface area contributed by atoms with Crippen LogP contribution in [0.1, 0.15) is 43.1 Å². The summed E-state index contributed by atoms with van der Waals surface area (Å²) in [6.45, 7) is 6.67. The Balaban J connectivity index is 1.75. The van der Waals surface area contributed by atoms with Crippen LogP contribution in [0, 0.1) is 8.99 Å². The molecule has 0 bridgehead atoms. The van der Waals surface area contributed by atoms with Crippen LogP contribution in [0.5, 0.6) is 17.2 Å².